The zero-order valence-corrected chi connectivity index (χ0v) is 13.7. The van der Waals surface area contributed by atoms with E-state index in [0.29, 0.717) is 24.6 Å². The Bertz CT molecular complexity index is 634. The molecular formula is C19H25NO2. The lowest BCUT2D eigenvalue weighted by atomic mass is 10.1. The molecule has 1 amide bonds. The summed E-state index contributed by atoms with van der Waals surface area (Å²) in [5.74, 6) is 1.35. The normalized spacial score (nSPS) is 10.9. The molecule has 1 N–H and O–H groups in total. The maximum atomic E-state index is 12.2. The average molecular weight is 299 g/mol. The Morgan fingerprint density at radius 2 is 2.00 bits per heavy atom. The lowest BCUT2D eigenvalue weighted by Gasteiger charge is -2.13. The fourth-order valence-electron chi connectivity index (χ4n) is 2.27. The molecule has 0 fully saturated rings. The van der Waals surface area contributed by atoms with Gasteiger partial charge in [-0.15, -0.1) is 0 Å². The van der Waals surface area contributed by atoms with E-state index in [0.717, 1.165) is 29.4 Å². The van der Waals surface area contributed by atoms with E-state index in [-0.39, 0.29) is 5.91 Å². The van der Waals surface area contributed by atoms with Gasteiger partial charge in [0.25, 0.3) is 5.91 Å². The molecule has 0 unspecified atom stereocenters. The highest BCUT2D eigenvalue weighted by Gasteiger charge is 2.11. The summed E-state index contributed by atoms with van der Waals surface area (Å²) in [5.41, 5.74) is 0.659. The summed E-state index contributed by atoms with van der Waals surface area (Å²) in [7, 11) is 0. The molecule has 3 nitrogen and oxygen atoms in total. The first-order valence-corrected chi connectivity index (χ1v) is 8.05. The van der Waals surface area contributed by atoms with Gasteiger partial charge in [0, 0.05) is 17.5 Å². The van der Waals surface area contributed by atoms with Gasteiger partial charge in [0.05, 0.1) is 6.61 Å². The zero-order chi connectivity index (χ0) is 15.9. The topological polar surface area (TPSA) is 38.3 Å². The van der Waals surface area contributed by atoms with Gasteiger partial charge in [0.2, 0.25) is 0 Å². The van der Waals surface area contributed by atoms with E-state index in [1.165, 1.54) is 0 Å². The third-order valence-electron chi connectivity index (χ3n) is 3.57. The van der Waals surface area contributed by atoms with E-state index < -0.39 is 0 Å². The molecule has 0 radical (unpaired) electrons. The summed E-state index contributed by atoms with van der Waals surface area (Å²) in [6, 6.07) is 11.8. The van der Waals surface area contributed by atoms with Gasteiger partial charge in [0.15, 0.2) is 0 Å². The number of hydrogen-bond donors (Lipinski definition) is 1. The van der Waals surface area contributed by atoms with Crippen LogP contribution < -0.4 is 10.1 Å². The van der Waals surface area contributed by atoms with Crippen LogP contribution in [0.5, 0.6) is 5.75 Å². The van der Waals surface area contributed by atoms with Crippen molar-refractivity contribution in [3.63, 3.8) is 0 Å². The summed E-state index contributed by atoms with van der Waals surface area (Å²) in [6.07, 6.45) is 1.93. The molecule has 0 saturated carbocycles. The number of benzene rings is 2. The molecule has 0 aromatic heterocycles. The van der Waals surface area contributed by atoms with Crippen molar-refractivity contribution in [2.24, 2.45) is 5.92 Å². The molecule has 118 valence electrons. The van der Waals surface area contributed by atoms with Crippen LogP contribution >= 0.6 is 0 Å². The van der Waals surface area contributed by atoms with Crippen molar-refractivity contribution >= 4 is 16.7 Å². The number of nitrogens with one attached hydrogen (secondary N) is 1. The first-order chi connectivity index (χ1) is 10.6. The number of carbonyl (C=O) groups excluding carboxylic acids is 1. The van der Waals surface area contributed by atoms with Crippen molar-refractivity contribution in [2.45, 2.75) is 33.6 Å². The minimum atomic E-state index is -0.0405. The molecule has 0 aliphatic rings. The quantitative estimate of drug-likeness (QED) is 0.822. The maximum absolute atomic E-state index is 12.2. The summed E-state index contributed by atoms with van der Waals surface area (Å²) in [5, 5.41) is 5.01. The van der Waals surface area contributed by atoms with Crippen LogP contribution in [0.25, 0.3) is 10.8 Å². The largest absolute Gasteiger partial charge is 0.493 e. The molecule has 0 aliphatic heterocycles. The summed E-state index contributed by atoms with van der Waals surface area (Å²) < 4.78 is 5.95. The second-order valence-corrected chi connectivity index (χ2v) is 5.98. The molecule has 2 rings (SSSR count). The monoisotopic (exact) mass is 299 g/mol. The molecule has 0 bridgehead atoms. The van der Waals surface area contributed by atoms with Gasteiger partial charge < -0.3 is 10.1 Å². The van der Waals surface area contributed by atoms with Crippen molar-refractivity contribution in [3.8, 4) is 5.75 Å². The van der Waals surface area contributed by atoms with E-state index in [1.54, 1.807) is 0 Å². The van der Waals surface area contributed by atoms with E-state index in [9.17, 15) is 4.79 Å². The van der Waals surface area contributed by atoms with E-state index >= 15 is 0 Å². The van der Waals surface area contributed by atoms with Crippen LogP contribution in [0.4, 0.5) is 0 Å². The fraction of sp³-hybridized carbons (Fsp3) is 0.421. The predicted molar refractivity (Wildman–Crippen MR) is 91.5 cm³/mol. The molecule has 2 aromatic carbocycles. The van der Waals surface area contributed by atoms with Crippen molar-refractivity contribution in [3.05, 3.63) is 42.0 Å². The van der Waals surface area contributed by atoms with E-state index in [1.807, 2.05) is 43.3 Å². The highest BCUT2D eigenvalue weighted by molar-refractivity contribution is 6.00. The van der Waals surface area contributed by atoms with Gasteiger partial charge in [-0.2, -0.15) is 0 Å². The SMILES string of the molecule is CCCNC(=O)c1cc(OCCC(C)C)c2ccccc2c1. The third-order valence-corrected chi connectivity index (χ3v) is 3.57. The van der Waals surface area contributed by atoms with Crippen molar-refractivity contribution in [2.75, 3.05) is 13.2 Å². The van der Waals surface area contributed by atoms with Crippen LogP contribution in [0.2, 0.25) is 0 Å². The highest BCUT2D eigenvalue weighted by atomic mass is 16.5. The van der Waals surface area contributed by atoms with Gasteiger partial charge in [-0.1, -0.05) is 45.0 Å². The number of ether oxygens (including phenoxy) is 1. The summed E-state index contributed by atoms with van der Waals surface area (Å²) in [4.78, 5) is 12.2. The number of hydrogen-bond acceptors (Lipinski definition) is 2. The minimum Gasteiger partial charge on any atom is -0.493 e. The third kappa shape index (κ3) is 4.23. The van der Waals surface area contributed by atoms with Crippen molar-refractivity contribution < 1.29 is 9.53 Å². The number of carbonyl (C=O) groups is 1. The molecule has 0 aliphatic carbocycles. The molecule has 3 heteroatoms. The van der Waals surface area contributed by atoms with Gasteiger partial charge in [-0.3, -0.25) is 4.79 Å². The van der Waals surface area contributed by atoms with Crippen LogP contribution in [-0.2, 0) is 0 Å². The first-order valence-electron chi connectivity index (χ1n) is 8.05. The molecule has 2 aromatic rings. The Labute approximate surface area is 132 Å². The van der Waals surface area contributed by atoms with Crippen LogP contribution in [0, 0.1) is 5.92 Å². The molecule has 22 heavy (non-hydrogen) atoms. The van der Waals surface area contributed by atoms with Gasteiger partial charge >= 0.3 is 0 Å². The Hall–Kier alpha value is -2.03. The van der Waals surface area contributed by atoms with Crippen LogP contribution in [0.1, 0.15) is 44.0 Å². The predicted octanol–water partition coefficient (Wildman–Crippen LogP) is 4.40. The average Bonchev–Trinajstić information content (AvgIpc) is 2.52. The number of rotatable bonds is 7. The Balaban J connectivity index is 2.28. The van der Waals surface area contributed by atoms with E-state index in [2.05, 4.69) is 19.2 Å². The second-order valence-electron chi connectivity index (χ2n) is 5.98. The molecular weight excluding hydrogens is 274 g/mol. The van der Waals surface area contributed by atoms with Crippen molar-refractivity contribution in [1.29, 1.82) is 0 Å². The Kier molecular flexibility index (Phi) is 5.82. The van der Waals surface area contributed by atoms with Crippen molar-refractivity contribution in [1.82, 2.24) is 5.32 Å². The maximum Gasteiger partial charge on any atom is 0.251 e. The van der Waals surface area contributed by atoms with Crippen LogP contribution in [-0.4, -0.2) is 19.1 Å². The second kappa shape index (κ2) is 7.83. The highest BCUT2D eigenvalue weighted by Crippen LogP contribution is 2.28. The van der Waals surface area contributed by atoms with Crippen LogP contribution in [0.15, 0.2) is 36.4 Å². The van der Waals surface area contributed by atoms with E-state index in [4.69, 9.17) is 4.74 Å². The van der Waals surface area contributed by atoms with Gasteiger partial charge in [-0.05, 0) is 36.3 Å². The molecule has 0 atom stereocenters. The van der Waals surface area contributed by atoms with Gasteiger partial charge in [-0.25, -0.2) is 0 Å². The smallest absolute Gasteiger partial charge is 0.251 e. The Morgan fingerprint density at radius 3 is 2.73 bits per heavy atom. The van der Waals surface area contributed by atoms with Gasteiger partial charge in [0.1, 0.15) is 5.75 Å². The Morgan fingerprint density at radius 1 is 1.23 bits per heavy atom. The summed E-state index contributed by atoms with van der Waals surface area (Å²) in [6.45, 7) is 7.75. The summed E-state index contributed by atoms with van der Waals surface area (Å²) >= 11 is 0. The molecule has 0 heterocycles. The number of fused-ring (bicyclic) bond motifs is 1. The van der Waals surface area contributed by atoms with Crippen LogP contribution in [0.3, 0.4) is 0 Å². The molecule has 0 spiro atoms. The lowest BCUT2D eigenvalue weighted by Crippen LogP contribution is -2.24. The minimum absolute atomic E-state index is 0.0405. The number of amides is 1. The first kappa shape index (κ1) is 16.3. The zero-order valence-electron chi connectivity index (χ0n) is 13.7. The lowest BCUT2D eigenvalue weighted by molar-refractivity contribution is 0.0953. The standard InChI is InChI=1S/C19H25NO2/c1-4-10-20-19(21)16-12-15-7-5-6-8-17(15)18(13-16)22-11-9-14(2)3/h5-8,12-14H,4,9-11H2,1-3H3,(H,20,21). The fourth-order valence-corrected chi connectivity index (χ4v) is 2.27. The molecule has 0 saturated heterocycles.